The van der Waals surface area contributed by atoms with Crippen molar-refractivity contribution in [1.29, 1.82) is 0 Å². The van der Waals surface area contributed by atoms with E-state index in [1.54, 1.807) is 0 Å². The van der Waals surface area contributed by atoms with Gasteiger partial charge in [-0.1, -0.05) is 26.2 Å². The van der Waals surface area contributed by atoms with Crippen molar-refractivity contribution in [1.82, 2.24) is 19.7 Å². The molecule has 5 heteroatoms. The molecule has 0 radical (unpaired) electrons. The zero-order valence-electron chi connectivity index (χ0n) is 17.1. The summed E-state index contributed by atoms with van der Waals surface area (Å²) in [5.41, 5.74) is 6.60. The van der Waals surface area contributed by atoms with Crippen LogP contribution in [0.5, 0.6) is 0 Å². The monoisotopic (exact) mass is 375 g/mol. The van der Waals surface area contributed by atoms with Crippen molar-refractivity contribution >= 4 is 5.82 Å². The maximum Gasteiger partial charge on any atom is 0.126 e. The summed E-state index contributed by atoms with van der Waals surface area (Å²) >= 11 is 0. The van der Waals surface area contributed by atoms with Gasteiger partial charge in [-0.25, -0.2) is 9.67 Å². The van der Waals surface area contributed by atoms with Gasteiger partial charge < -0.3 is 5.32 Å². The second kappa shape index (κ2) is 8.13. The van der Waals surface area contributed by atoms with Crippen LogP contribution in [-0.2, 0) is 6.42 Å². The van der Waals surface area contributed by atoms with E-state index in [1.807, 2.05) is 23.1 Å². The fourth-order valence-electron chi connectivity index (χ4n) is 4.21. The van der Waals surface area contributed by atoms with Crippen LogP contribution in [0.15, 0.2) is 36.7 Å². The molecule has 146 valence electrons. The van der Waals surface area contributed by atoms with E-state index in [2.05, 4.69) is 54.3 Å². The molecule has 1 fully saturated rings. The molecule has 0 saturated heterocycles. The summed E-state index contributed by atoms with van der Waals surface area (Å²) in [4.78, 5) is 9.13. The third kappa shape index (κ3) is 3.79. The number of anilines is 1. The van der Waals surface area contributed by atoms with Crippen LogP contribution in [0.4, 0.5) is 5.82 Å². The fourth-order valence-corrected chi connectivity index (χ4v) is 4.21. The quantitative estimate of drug-likeness (QED) is 0.639. The Morgan fingerprint density at radius 3 is 2.64 bits per heavy atom. The first-order chi connectivity index (χ1) is 13.7. The van der Waals surface area contributed by atoms with E-state index in [-0.39, 0.29) is 0 Å². The molecule has 3 aromatic heterocycles. The van der Waals surface area contributed by atoms with Gasteiger partial charge in [0.05, 0.1) is 11.4 Å². The molecule has 1 N–H and O–H groups in total. The molecular formula is C23H29N5. The number of rotatable bonds is 6. The first-order valence-corrected chi connectivity index (χ1v) is 10.4. The Hall–Kier alpha value is -2.69. The van der Waals surface area contributed by atoms with Crippen molar-refractivity contribution in [3.05, 3.63) is 53.7 Å². The molecule has 0 amide bonds. The predicted octanol–water partition coefficient (Wildman–Crippen LogP) is 5.25. The predicted molar refractivity (Wildman–Crippen MR) is 114 cm³/mol. The lowest BCUT2D eigenvalue weighted by Gasteiger charge is -2.13. The molecule has 1 saturated carbocycles. The summed E-state index contributed by atoms with van der Waals surface area (Å²) in [6, 6.07) is 8.99. The fraction of sp³-hybridized carbons (Fsp3) is 0.435. The number of hydrogen-bond acceptors (Lipinski definition) is 4. The normalized spacial score (nSPS) is 14.5. The van der Waals surface area contributed by atoms with Crippen molar-refractivity contribution < 1.29 is 0 Å². The number of aromatic nitrogens is 4. The van der Waals surface area contributed by atoms with Gasteiger partial charge in [0.2, 0.25) is 0 Å². The molecule has 0 spiro atoms. The average Bonchev–Trinajstić information content (AvgIpc) is 3.31. The van der Waals surface area contributed by atoms with E-state index < -0.39 is 0 Å². The maximum absolute atomic E-state index is 4.81. The van der Waals surface area contributed by atoms with E-state index in [0.717, 1.165) is 52.6 Å². The average molecular weight is 376 g/mol. The lowest BCUT2D eigenvalue weighted by atomic mass is 10.1. The highest BCUT2D eigenvalue weighted by atomic mass is 15.3. The topological polar surface area (TPSA) is 55.6 Å². The first kappa shape index (κ1) is 18.7. The first-order valence-electron chi connectivity index (χ1n) is 10.4. The van der Waals surface area contributed by atoms with E-state index in [1.165, 1.54) is 25.7 Å². The highest BCUT2D eigenvalue weighted by molar-refractivity contribution is 5.69. The molecule has 3 aromatic rings. The molecule has 0 unspecified atom stereocenters. The smallest absolute Gasteiger partial charge is 0.126 e. The zero-order chi connectivity index (χ0) is 19.5. The number of nitrogens with one attached hydrogen (secondary N) is 1. The van der Waals surface area contributed by atoms with Crippen LogP contribution in [0, 0.1) is 13.8 Å². The van der Waals surface area contributed by atoms with Crippen LogP contribution >= 0.6 is 0 Å². The van der Waals surface area contributed by atoms with Crippen LogP contribution in [0.2, 0.25) is 0 Å². The van der Waals surface area contributed by atoms with E-state index in [9.17, 15) is 0 Å². The van der Waals surface area contributed by atoms with Crippen LogP contribution in [-0.4, -0.2) is 25.8 Å². The van der Waals surface area contributed by atoms with Gasteiger partial charge >= 0.3 is 0 Å². The van der Waals surface area contributed by atoms with Gasteiger partial charge in [0, 0.05) is 41.0 Å². The van der Waals surface area contributed by atoms with Gasteiger partial charge in [-0.2, -0.15) is 5.10 Å². The minimum Gasteiger partial charge on any atom is -0.367 e. The van der Waals surface area contributed by atoms with Crippen LogP contribution < -0.4 is 5.32 Å². The lowest BCUT2D eigenvalue weighted by molar-refractivity contribution is 0.750. The van der Waals surface area contributed by atoms with Gasteiger partial charge in [0.1, 0.15) is 5.82 Å². The minimum atomic E-state index is 0.577. The molecule has 1 aliphatic rings. The molecule has 0 atom stereocenters. The van der Waals surface area contributed by atoms with Crippen LogP contribution in [0.1, 0.15) is 56.1 Å². The highest BCUT2D eigenvalue weighted by Gasteiger charge is 2.17. The van der Waals surface area contributed by atoms with Gasteiger partial charge in [-0.15, -0.1) is 0 Å². The maximum atomic E-state index is 4.81. The summed E-state index contributed by atoms with van der Waals surface area (Å²) < 4.78 is 2.02. The Morgan fingerprint density at radius 2 is 1.93 bits per heavy atom. The van der Waals surface area contributed by atoms with Gasteiger partial charge in [0.25, 0.3) is 0 Å². The number of aryl methyl sites for hydroxylation is 2. The molecule has 0 bridgehead atoms. The van der Waals surface area contributed by atoms with Crippen molar-refractivity contribution in [2.45, 2.75) is 65.3 Å². The molecule has 1 aliphatic carbocycles. The van der Waals surface area contributed by atoms with Crippen molar-refractivity contribution in [3.63, 3.8) is 0 Å². The van der Waals surface area contributed by atoms with Crippen LogP contribution in [0.25, 0.3) is 16.8 Å². The largest absolute Gasteiger partial charge is 0.367 e. The Morgan fingerprint density at radius 1 is 1.11 bits per heavy atom. The lowest BCUT2D eigenvalue weighted by Crippen LogP contribution is -2.15. The SMILES string of the molecule is CCCc1cc(-n2nc(C)c(-c3ccc(NC4CCCC4)nc3)c2C)ccn1. The Labute approximate surface area is 167 Å². The second-order valence-corrected chi connectivity index (χ2v) is 7.77. The van der Waals surface area contributed by atoms with Gasteiger partial charge in [0.15, 0.2) is 0 Å². The molecule has 4 rings (SSSR count). The number of hydrogen-bond donors (Lipinski definition) is 1. The van der Waals surface area contributed by atoms with E-state index in [0.29, 0.717) is 6.04 Å². The standard InChI is InChI=1S/C23H29N5/c1-4-7-20-14-21(12-13-24-20)28-17(3)23(16(2)27-28)18-10-11-22(25-15-18)26-19-8-5-6-9-19/h10-15,19H,4-9H2,1-3H3,(H,25,26). The molecule has 0 aromatic carbocycles. The number of nitrogens with zero attached hydrogens (tertiary/aromatic N) is 4. The summed E-state index contributed by atoms with van der Waals surface area (Å²) in [5, 5.41) is 8.37. The summed E-state index contributed by atoms with van der Waals surface area (Å²) in [6.45, 7) is 6.37. The Balaban J connectivity index is 1.61. The third-order valence-corrected chi connectivity index (χ3v) is 5.60. The molecule has 3 heterocycles. The minimum absolute atomic E-state index is 0.577. The van der Waals surface area contributed by atoms with Crippen molar-refractivity contribution in [3.8, 4) is 16.8 Å². The zero-order valence-corrected chi connectivity index (χ0v) is 17.1. The Bertz CT molecular complexity index is 936. The number of pyridine rings is 2. The van der Waals surface area contributed by atoms with E-state index in [4.69, 9.17) is 5.10 Å². The third-order valence-electron chi connectivity index (χ3n) is 5.60. The van der Waals surface area contributed by atoms with Gasteiger partial charge in [-0.3, -0.25) is 4.98 Å². The molecule has 5 nitrogen and oxygen atoms in total. The molecule has 28 heavy (non-hydrogen) atoms. The molecule has 0 aliphatic heterocycles. The van der Waals surface area contributed by atoms with Crippen molar-refractivity contribution in [2.75, 3.05) is 5.32 Å². The van der Waals surface area contributed by atoms with E-state index >= 15 is 0 Å². The Kier molecular flexibility index (Phi) is 5.42. The summed E-state index contributed by atoms with van der Waals surface area (Å²) in [7, 11) is 0. The van der Waals surface area contributed by atoms with Crippen molar-refractivity contribution in [2.24, 2.45) is 0 Å². The summed E-state index contributed by atoms with van der Waals surface area (Å²) in [5.74, 6) is 0.969. The highest BCUT2D eigenvalue weighted by Crippen LogP contribution is 2.29. The van der Waals surface area contributed by atoms with Crippen LogP contribution in [0.3, 0.4) is 0 Å². The second-order valence-electron chi connectivity index (χ2n) is 7.77. The van der Waals surface area contributed by atoms with Gasteiger partial charge in [-0.05, 0) is 57.4 Å². The molecular weight excluding hydrogens is 346 g/mol. The summed E-state index contributed by atoms with van der Waals surface area (Å²) in [6.07, 6.45) is 11.1.